The van der Waals surface area contributed by atoms with E-state index in [9.17, 15) is 9.59 Å². The van der Waals surface area contributed by atoms with E-state index in [2.05, 4.69) is 5.32 Å². The third kappa shape index (κ3) is 4.48. The highest BCUT2D eigenvalue weighted by molar-refractivity contribution is 6.32. The first-order valence-electron chi connectivity index (χ1n) is 8.88. The molecule has 0 atom stereocenters. The van der Waals surface area contributed by atoms with Gasteiger partial charge in [0.2, 0.25) is 5.91 Å². The monoisotopic (exact) mass is 419 g/mol. The van der Waals surface area contributed by atoms with Gasteiger partial charge in [0.15, 0.2) is 11.5 Å². The Labute approximate surface area is 173 Å². The molecule has 154 valence electrons. The lowest BCUT2D eigenvalue weighted by molar-refractivity contribution is -0.116. The smallest absolute Gasteiger partial charge is 0.325 e. The molecule has 29 heavy (non-hydrogen) atoms. The summed E-state index contributed by atoms with van der Waals surface area (Å²) in [6, 6.07) is 9.95. The van der Waals surface area contributed by atoms with Crippen LogP contribution in [0.3, 0.4) is 0 Å². The number of hydrogen-bond acceptors (Lipinski definition) is 5. The van der Waals surface area contributed by atoms with Crippen molar-refractivity contribution in [3.05, 3.63) is 41.4 Å². The average Bonchev–Trinajstić information content (AvgIpc) is 3.07. The van der Waals surface area contributed by atoms with Crippen molar-refractivity contribution in [1.29, 1.82) is 0 Å². The minimum atomic E-state index is -0.311. The third-order valence-electron chi connectivity index (χ3n) is 4.54. The van der Waals surface area contributed by atoms with Gasteiger partial charge >= 0.3 is 6.03 Å². The van der Waals surface area contributed by atoms with E-state index in [1.807, 2.05) is 0 Å². The number of rotatable bonds is 7. The Morgan fingerprint density at radius 2 is 1.69 bits per heavy atom. The van der Waals surface area contributed by atoms with Gasteiger partial charge in [-0.05, 0) is 30.3 Å². The molecule has 3 amide bonds. The van der Waals surface area contributed by atoms with E-state index in [-0.39, 0.29) is 18.5 Å². The van der Waals surface area contributed by atoms with E-state index < -0.39 is 0 Å². The summed E-state index contributed by atoms with van der Waals surface area (Å²) in [5.41, 5.74) is 1.21. The molecular formula is C20H22ClN3O5. The van der Waals surface area contributed by atoms with Gasteiger partial charge in [0.25, 0.3) is 0 Å². The van der Waals surface area contributed by atoms with Crippen LogP contribution in [0, 0.1) is 0 Å². The van der Waals surface area contributed by atoms with E-state index in [0.717, 1.165) is 0 Å². The Kier molecular flexibility index (Phi) is 6.33. The summed E-state index contributed by atoms with van der Waals surface area (Å²) in [5, 5.41) is 3.13. The largest absolute Gasteiger partial charge is 0.495 e. The molecule has 0 saturated carbocycles. The van der Waals surface area contributed by atoms with Crippen LogP contribution in [-0.4, -0.2) is 57.8 Å². The van der Waals surface area contributed by atoms with Gasteiger partial charge in [0, 0.05) is 30.5 Å². The van der Waals surface area contributed by atoms with Crippen LogP contribution in [0.2, 0.25) is 5.02 Å². The fourth-order valence-electron chi connectivity index (χ4n) is 3.08. The molecule has 0 unspecified atom stereocenters. The molecule has 0 aliphatic carbocycles. The lowest BCUT2D eigenvalue weighted by Gasteiger charge is -2.19. The van der Waals surface area contributed by atoms with Crippen LogP contribution < -0.4 is 24.4 Å². The Bertz CT molecular complexity index is 921. The van der Waals surface area contributed by atoms with Gasteiger partial charge in [-0.3, -0.25) is 9.69 Å². The summed E-state index contributed by atoms with van der Waals surface area (Å²) in [5.74, 6) is 1.32. The molecule has 3 rings (SSSR count). The number of methoxy groups -OCH3 is 3. The van der Waals surface area contributed by atoms with Crippen molar-refractivity contribution in [3.8, 4) is 17.2 Å². The van der Waals surface area contributed by atoms with Gasteiger partial charge in [-0.25, -0.2) is 4.79 Å². The number of benzene rings is 2. The molecule has 1 heterocycles. The molecule has 8 nitrogen and oxygen atoms in total. The molecule has 1 fully saturated rings. The SMILES string of the molecule is COc1ccc(NC(=O)CN2CCN(c3ccc(OC)c(OC)c3)C2=O)cc1Cl. The zero-order valence-corrected chi connectivity index (χ0v) is 17.2. The van der Waals surface area contributed by atoms with Crippen molar-refractivity contribution in [2.45, 2.75) is 0 Å². The number of halogens is 1. The van der Waals surface area contributed by atoms with Crippen LogP contribution in [0.15, 0.2) is 36.4 Å². The summed E-state index contributed by atoms with van der Waals surface area (Å²) in [4.78, 5) is 28.2. The molecule has 0 spiro atoms. The number of amides is 3. The number of carbonyl (C=O) groups excluding carboxylic acids is 2. The van der Waals surface area contributed by atoms with Crippen molar-refractivity contribution in [2.24, 2.45) is 0 Å². The molecule has 1 saturated heterocycles. The third-order valence-corrected chi connectivity index (χ3v) is 4.84. The van der Waals surface area contributed by atoms with Crippen molar-refractivity contribution in [3.63, 3.8) is 0 Å². The highest BCUT2D eigenvalue weighted by Crippen LogP contribution is 2.33. The molecule has 2 aromatic rings. The molecule has 1 aliphatic rings. The van der Waals surface area contributed by atoms with E-state index >= 15 is 0 Å². The molecule has 0 bridgehead atoms. The first-order chi connectivity index (χ1) is 14.0. The maximum absolute atomic E-state index is 12.7. The standard InChI is InChI=1S/C20H22ClN3O5/c1-27-16-6-4-13(10-15(16)21)22-19(25)12-23-8-9-24(20(23)26)14-5-7-17(28-2)18(11-14)29-3/h4-7,10-11H,8-9,12H2,1-3H3,(H,22,25). The second-order valence-corrected chi connectivity index (χ2v) is 6.70. The quantitative estimate of drug-likeness (QED) is 0.745. The van der Waals surface area contributed by atoms with Gasteiger partial charge in [0.05, 0.1) is 26.4 Å². The molecule has 2 aromatic carbocycles. The van der Waals surface area contributed by atoms with Gasteiger partial charge in [-0.15, -0.1) is 0 Å². The summed E-state index contributed by atoms with van der Waals surface area (Å²) in [6.45, 7) is 0.839. The summed E-state index contributed by atoms with van der Waals surface area (Å²) in [7, 11) is 4.60. The Hall–Kier alpha value is -3.13. The fourth-order valence-corrected chi connectivity index (χ4v) is 3.34. The maximum Gasteiger partial charge on any atom is 0.325 e. The van der Waals surface area contributed by atoms with Crippen molar-refractivity contribution in [1.82, 2.24) is 4.90 Å². The van der Waals surface area contributed by atoms with E-state index in [0.29, 0.717) is 46.7 Å². The lowest BCUT2D eigenvalue weighted by Crippen LogP contribution is -2.37. The Morgan fingerprint density at radius 3 is 2.34 bits per heavy atom. The zero-order valence-electron chi connectivity index (χ0n) is 16.4. The summed E-state index contributed by atoms with van der Waals surface area (Å²) >= 11 is 6.07. The summed E-state index contributed by atoms with van der Waals surface area (Å²) < 4.78 is 15.6. The normalized spacial score (nSPS) is 13.4. The van der Waals surface area contributed by atoms with Gasteiger partial charge in [-0.1, -0.05) is 11.6 Å². The van der Waals surface area contributed by atoms with Crippen LogP contribution in [0.4, 0.5) is 16.2 Å². The highest BCUT2D eigenvalue weighted by atomic mass is 35.5. The molecule has 0 aromatic heterocycles. The number of nitrogens with one attached hydrogen (secondary N) is 1. The molecule has 1 aliphatic heterocycles. The van der Waals surface area contributed by atoms with Crippen molar-refractivity contribution in [2.75, 3.05) is 51.2 Å². The lowest BCUT2D eigenvalue weighted by atomic mass is 10.2. The van der Waals surface area contributed by atoms with Crippen LogP contribution in [0.5, 0.6) is 17.2 Å². The molecule has 0 radical (unpaired) electrons. The number of nitrogens with zero attached hydrogens (tertiary/aromatic N) is 2. The molecule has 1 N–H and O–H groups in total. The van der Waals surface area contributed by atoms with Crippen LogP contribution >= 0.6 is 11.6 Å². The maximum atomic E-state index is 12.7. The highest BCUT2D eigenvalue weighted by Gasteiger charge is 2.31. The molecular weight excluding hydrogens is 398 g/mol. The van der Waals surface area contributed by atoms with Crippen LogP contribution in [0.25, 0.3) is 0 Å². The van der Waals surface area contributed by atoms with E-state index in [1.54, 1.807) is 48.4 Å². The second-order valence-electron chi connectivity index (χ2n) is 6.29. The number of carbonyl (C=O) groups is 2. The predicted octanol–water partition coefficient (Wildman–Crippen LogP) is 3.25. The number of ether oxygens (including phenoxy) is 3. The predicted molar refractivity (Wildman–Crippen MR) is 110 cm³/mol. The summed E-state index contributed by atoms with van der Waals surface area (Å²) in [6.07, 6.45) is 0. The van der Waals surface area contributed by atoms with Crippen LogP contribution in [-0.2, 0) is 4.79 Å². The first kappa shape index (κ1) is 20.6. The Balaban J connectivity index is 1.64. The number of hydrogen-bond donors (Lipinski definition) is 1. The van der Waals surface area contributed by atoms with Gasteiger partial charge in [-0.2, -0.15) is 0 Å². The minimum absolute atomic E-state index is 0.0632. The molecule has 9 heteroatoms. The van der Waals surface area contributed by atoms with Gasteiger partial charge < -0.3 is 24.4 Å². The zero-order chi connectivity index (χ0) is 21.0. The number of anilines is 2. The van der Waals surface area contributed by atoms with Gasteiger partial charge in [0.1, 0.15) is 12.3 Å². The second kappa shape index (κ2) is 8.91. The number of urea groups is 1. The minimum Gasteiger partial charge on any atom is -0.495 e. The van der Waals surface area contributed by atoms with Crippen LogP contribution in [0.1, 0.15) is 0 Å². The Morgan fingerprint density at radius 1 is 1.00 bits per heavy atom. The average molecular weight is 420 g/mol. The fraction of sp³-hybridized carbons (Fsp3) is 0.300. The topological polar surface area (TPSA) is 80.3 Å². The van der Waals surface area contributed by atoms with Crippen molar-refractivity contribution >= 4 is 34.9 Å². The first-order valence-corrected chi connectivity index (χ1v) is 9.26. The van der Waals surface area contributed by atoms with E-state index in [4.69, 9.17) is 25.8 Å². The van der Waals surface area contributed by atoms with E-state index in [1.165, 1.54) is 19.1 Å². The van der Waals surface area contributed by atoms with Crippen molar-refractivity contribution < 1.29 is 23.8 Å².